The van der Waals surface area contributed by atoms with E-state index in [4.69, 9.17) is 9.47 Å². The summed E-state index contributed by atoms with van der Waals surface area (Å²) in [5, 5.41) is 1.73. The van der Waals surface area contributed by atoms with Crippen molar-refractivity contribution in [3.05, 3.63) is 0 Å². The standard InChI is InChI=1S/C27H52O2P2/c1-23(2)15-11-12-16-24(3,4)30(23)19-21-22(29-27(9,10)28-21)20-31-25(5,6)17-13-14-18-26(31,7)8/h21-22H,11-20H2,1-10H3/t21-,22-/m0/s1. The van der Waals surface area contributed by atoms with E-state index in [9.17, 15) is 0 Å². The van der Waals surface area contributed by atoms with Crippen LogP contribution in [0.25, 0.3) is 0 Å². The second-order valence-electron chi connectivity index (χ2n) is 13.6. The molecule has 0 amide bonds. The molecule has 0 aliphatic carbocycles. The van der Waals surface area contributed by atoms with Gasteiger partial charge >= 0.3 is 0 Å². The van der Waals surface area contributed by atoms with Crippen LogP contribution in [-0.4, -0.2) is 50.9 Å². The van der Waals surface area contributed by atoms with Crippen LogP contribution in [0.3, 0.4) is 0 Å². The smallest absolute Gasteiger partial charge is 0.163 e. The average Bonchev–Trinajstić information content (AvgIpc) is 2.79. The summed E-state index contributed by atoms with van der Waals surface area (Å²) in [4.78, 5) is 0. The van der Waals surface area contributed by atoms with Gasteiger partial charge in [-0.15, -0.1) is 0 Å². The minimum Gasteiger partial charge on any atom is -0.344 e. The molecule has 0 aromatic rings. The molecule has 2 atom stereocenters. The molecule has 0 bridgehead atoms. The van der Waals surface area contributed by atoms with E-state index in [1.165, 1.54) is 63.7 Å². The van der Waals surface area contributed by atoms with Crippen molar-refractivity contribution in [2.24, 2.45) is 0 Å². The first-order valence-electron chi connectivity index (χ1n) is 13.0. The highest BCUT2D eigenvalue weighted by molar-refractivity contribution is 7.61. The fraction of sp³-hybridized carbons (Fsp3) is 1.00. The maximum absolute atomic E-state index is 6.71. The highest BCUT2D eigenvalue weighted by atomic mass is 31.1. The van der Waals surface area contributed by atoms with Crippen LogP contribution in [0.1, 0.15) is 121 Å². The van der Waals surface area contributed by atoms with E-state index >= 15 is 0 Å². The van der Waals surface area contributed by atoms with Crippen molar-refractivity contribution in [1.82, 2.24) is 0 Å². The summed E-state index contributed by atoms with van der Waals surface area (Å²) in [6, 6.07) is 0. The zero-order chi connectivity index (χ0) is 23.3. The molecule has 2 nitrogen and oxygen atoms in total. The van der Waals surface area contributed by atoms with Crippen LogP contribution in [-0.2, 0) is 9.47 Å². The van der Waals surface area contributed by atoms with Crippen molar-refractivity contribution in [2.75, 3.05) is 12.3 Å². The molecule has 3 rings (SSSR count). The van der Waals surface area contributed by atoms with Gasteiger partial charge in [-0.25, -0.2) is 0 Å². The van der Waals surface area contributed by atoms with Crippen LogP contribution in [0.15, 0.2) is 0 Å². The summed E-state index contributed by atoms with van der Waals surface area (Å²) in [5.74, 6) is -0.444. The number of hydrogen-bond donors (Lipinski definition) is 0. The second-order valence-corrected chi connectivity index (χ2v) is 20.9. The molecule has 3 heterocycles. The topological polar surface area (TPSA) is 18.5 Å². The van der Waals surface area contributed by atoms with Gasteiger partial charge in [0.15, 0.2) is 5.79 Å². The van der Waals surface area contributed by atoms with Gasteiger partial charge in [0.1, 0.15) is 0 Å². The lowest BCUT2D eigenvalue weighted by molar-refractivity contribution is -0.142. The second kappa shape index (κ2) is 9.10. The molecule has 3 fully saturated rings. The molecule has 0 radical (unpaired) electrons. The third kappa shape index (κ3) is 6.08. The fourth-order valence-corrected chi connectivity index (χ4v) is 15.3. The summed E-state index contributed by atoms with van der Waals surface area (Å²) >= 11 is 0. The van der Waals surface area contributed by atoms with Crippen LogP contribution in [0, 0.1) is 0 Å². The lowest BCUT2D eigenvalue weighted by Gasteiger charge is -2.47. The molecule has 0 spiro atoms. The predicted octanol–water partition coefficient (Wildman–Crippen LogP) is 8.73. The Labute approximate surface area is 196 Å². The van der Waals surface area contributed by atoms with Crippen LogP contribution in [0.4, 0.5) is 0 Å². The normalized spacial score (nSPS) is 35.4. The highest BCUT2D eigenvalue weighted by Gasteiger charge is 2.51. The van der Waals surface area contributed by atoms with Gasteiger partial charge in [-0.1, -0.05) is 96.9 Å². The van der Waals surface area contributed by atoms with Crippen molar-refractivity contribution >= 4 is 15.8 Å². The van der Waals surface area contributed by atoms with E-state index in [2.05, 4.69) is 69.2 Å². The first-order chi connectivity index (χ1) is 14.1. The number of rotatable bonds is 4. The van der Waals surface area contributed by atoms with E-state index in [-0.39, 0.29) is 28.1 Å². The maximum Gasteiger partial charge on any atom is 0.163 e. The minimum absolute atomic E-state index is 0.138. The predicted molar refractivity (Wildman–Crippen MR) is 141 cm³/mol. The molecule has 0 aromatic heterocycles. The van der Waals surface area contributed by atoms with Gasteiger partial charge < -0.3 is 9.47 Å². The van der Waals surface area contributed by atoms with E-state index in [0.717, 1.165) is 0 Å². The maximum atomic E-state index is 6.71. The first kappa shape index (κ1) is 26.4. The van der Waals surface area contributed by atoms with Gasteiger partial charge in [0, 0.05) is 0 Å². The zero-order valence-corrected chi connectivity index (χ0v) is 24.2. The average molecular weight is 471 g/mol. The third-order valence-corrected chi connectivity index (χ3v) is 16.8. The Bertz CT molecular complexity index is 535. The number of hydrogen-bond acceptors (Lipinski definition) is 2. The molecule has 0 N–H and O–H groups in total. The van der Waals surface area contributed by atoms with Gasteiger partial charge in [-0.2, -0.15) is 0 Å². The quantitative estimate of drug-likeness (QED) is 0.382. The van der Waals surface area contributed by atoms with Crippen molar-refractivity contribution in [1.29, 1.82) is 0 Å². The molecule has 3 saturated heterocycles. The van der Waals surface area contributed by atoms with Gasteiger partial charge in [0.2, 0.25) is 0 Å². The summed E-state index contributed by atoms with van der Waals surface area (Å²) in [6.45, 7) is 24.7. The molecule has 0 saturated carbocycles. The summed E-state index contributed by atoms with van der Waals surface area (Å²) in [6.07, 6.45) is 14.0. The van der Waals surface area contributed by atoms with Crippen molar-refractivity contribution < 1.29 is 9.47 Å². The largest absolute Gasteiger partial charge is 0.344 e. The Hall–Kier alpha value is 0.780. The van der Waals surface area contributed by atoms with Crippen LogP contribution in [0.5, 0.6) is 0 Å². The van der Waals surface area contributed by atoms with Gasteiger partial charge in [0.05, 0.1) is 12.2 Å². The van der Waals surface area contributed by atoms with E-state index in [1.807, 2.05) is 0 Å². The molecule has 31 heavy (non-hydrogen) atoms. The Morgan fingerprint density at radius 2 is 0.774 bits per heavy atom. The minimum atomic E-state index is -0.444. The summed E-state index contributed by atoms with van der Waals surface area (Å²) < 4.78 is 13.4. The molecule has 0 aromatic carbocycles. The molecule has 182 valence electrons. The zero-order valence-electron chi connectivity index (χ0n) is 22.4. The van der Waals surface area contributed by atoms with Gasteiger partial charge in [-0.05, 0) is 72.5 Å². The van der Waals surface area contributed by atoms with Crippen LogP contribution < -0.4 is 0 Å². The molecule has 0 unspecified atom stereocenters. The number of ether oxygens (including phenoxy) is 2. The molecule has 4 heteroatoms. The molecular formula is C27H52O2P2. The lowest BCUT2D eigenvalue weighted by Crippen LogP contribution is -2.39. The van der Waals surface area contributed by atoms with Crippen molar-refractivity contribution in [2.45, 2.75) is 159 Å². The summed E-state index contributed by atoms with van der Waals surface area (Å²) in [5.41, 5.74) is 0. The lowest BCUT2D eigenvalue weighted by atomic mass is 10.0. The highest BCUT2D eigenvalue weighted by Crippen LogP contribution is 2.67. The Balaban J connectivity index is 1.85. The fourth-order valence-electron chi connectivity index (χ4n) is 6.98. The third-order valence-electron chi connectivity index (χ3n) is 8.59. The Morgan fingerprint density at radius 1 is 0.516 bits per heavy atom. The molecular weight excluding hydrogens is 418 g/mol. The van der Waals surface area contributed by atoms with Gasteiger partial charge in [-0.3, -0.25) is 0 Å². The molecule has 3 aliphatic heterocycles. The monoisotopic (exact) mass is 470 g/mol. The Morgan fingerprint density at radius 3 is 1.03 bits per heavy atom. The van der Waals surface area contributed by atoms with E-state index < -0.39 is 5.79 Å². The van der Waals surface area contributed by atoms with Crippen molar-refractivity contribution in [3.8, 4) is 0 Å². The first-order valence-corrected chi connectivity index (χ1v) is 16.0. The van der Waals surface area contributed by atoms with Gasteiger partial charge in [0.25, 0.3) is 0 Å². The van der Waals surface area contributed by atoms with Crippen LogP contribution >= 0.6 is 15.8 Å². The van der Waals surface area contributed by atoms with Crippen LogP contribution in [0.2, 0.25) is 0 Å². The molecule has 3 aliphatic rings. The Kier molecular flexibility index (Phi) is 7.74. The van der Waals surface area contributed by atoms with E-state index in [1.54, 1.807) is 0 Å². The SMILES string of the molecule is CC1(C)O[C@@H](CP2C(C)(C)CCCCC2(C)C)[C@H](CP2C(C)(C)CCCCC2(C)C)O1. The summed E-state index contributed by atoms with van der Waals surface area (Å²) in [7, 11) is -0.276. The van der Waals surface area contributed by atoms with Crippen molar-refractivity contribution in [3.63, 3.8) is 0 Å². The van der Waals surface area contributed by atoms with E-state index in [0.29, 0.717) is 20.6 Å².